The Balaban J connectivity index is 2.16. The van der Waals surface area contributed by atoms with E-state index >= 15 is 0 Å². The Labute approximate surface area is 105 Å². The molecule has 0 aromatic heterocycles. The topological polar surface area (TPSA) is 38.5 Å². The average Bonchev–Trinajstić information content (AvgIpc) is 2.72. The van der Waals surface area contributed by atoms with Crippen molar-refractivity contribution in [3.63, 3.8) is 0 Å². The van der Waals surface area contributed by atoms with E-state index in [1.807, 2.05) is 0 Å². The molecule has 3 nitrogen and oxygen atoms in total. The van der Waals surface area contributed by atoms with Gasteiger partial charge in [0, 0.05) is 32.2 Å². The molecule has 0 saturated carbocycles. The van der Waals surface area contributed by atoms with Crippen LogP contribution in [0.3, 0.4) is 0 Å². The second kappa shape index (κ2) is 5.10. The Kier molecular flexibility index (Phi) is 3.74. The third-order valence-corrected chi connectivity index (χ3v) is 3.39. The minimum absolute atomic E-state index is 0.115. The van der Waals surface area contributed by atoms with Crippen LogP contribution in [0.4, 0.5) is 15.8 Å². The summed E-state index contributed by atoms with van der Waals surface area (Å²) >= 11 is 5.78. The van der Waals surface area contributed by atoms with Gasteiger partial charge in [-0.25, -0.2) is 4.39 Å². The Bertz CT molecular complexity index is 414. The van der Waals surface area contributed by atoms with Crippen LogP contribution in [-0.2, 0) is 4.74 Å². The summed E-state index contributed by atoms with van der Waals surface area (Å²) in [6, 6.07) is 2.88. The summed E-state index contributed by atoms with van der Waals surface area (Å²) in [5.74, 6) is 0.0313. The van der Waals surface area contributed by atoms with Crippen LogP contribution in [-0.4, -0.2) is 26.8 Å². The number of ether oxygens (including phenoxy) is 1. The van der Waals surface area contributed by atoms with Crippen LogP contribution in [0.5, 0.6) is 0 Å². The monoisotopic (exact) mass is 258 g/mol. The summed E-state index contributed by atoms with van der Waals surface area (Å²) in [5, 5.41) is 0.115. The number of nitrogens with zero attached hydrogens (tertiary/aromatic N) is 1. The number of methoxy groups -OCH3 is 1. The quantitative estimate of drug-likeness (QED) is 0.847. The Hall–Kier alpha value is -1.00. The molecule has 2 N–H and O–H groups in total. The molecule has 0 radical (unpaired) electrons. The van der Waals surface area contributed by atoms with Crippen molar-refractivity contribution >= 4 is 23.0 Å². The molecule has 1 atom stereocenters. The van der Waals surface area contributed by atoms with E-state index in [0.29, 0.717) is 11.6 Å². The lowest BCUT2D eigenvalue weighted by molar-refractivity contribution is 0.161. The Morgan fingerprint density at radius 1 is 1.59 bits per heavy atom. The summed E-state index contributed by atoms with van der Waals surface area (Å²) in [7, 11) is 1.70. The first-order valence-electron chi connectivity index (χ1n) is 5.60. The van der Waals surface area contributed by atoms with Gasteiger partial charge in [-0.3, -0.25) is 0 Å². The summed E-state index contributed by atoms with van der Waals surface area (Å²) in [4.78, 5) is 2.13. The van der Waals surface area contributed by atoms with Crippen LogP contribution in [0.1, 0.15) is 6.42 Å². The molecule has 17 heavy (non-hydrogen) atoms. The first-order chi connectivity index (χ1) is 8.11. The zero-order valence-electron chi connectivity index (χ0n) is 9.75. The van der Waals surface area contributed by atoms with E-state index in [9.17, 15) is 4.39 Å². The van der Waals surface area contributed by atoms with Gasteiger partial charge >= 0.3 is 0 Å². The standard InChI is InChI=1S/C12H16ClFN2O/c1-17-7-8-2-3-16(6-8)12-4-9(13)10(14)5-11(12)15/h4-5,8H,2-3,6-7,15H2,1H3. The maximum absolute atomic E-state index is 13.2. The third kappa shape index (κ3) is 2.64. The fourth-order valence-corrected chi connectivity index (χ4v) is 2.41. The molecule has 1 aliphatic rings. The van der Waals surface area contributed by atoms with E-state index < -0.39 is 5.82 Å². The van der Waals surface area contributed by atoms with Crippen LogP contribution in [0, 0.1) is 11.7 Å². The predicted octanol–water partition coefficient (Wildman–Crippen LogP) is 2.53. The molecule has 1 aromatic carbocycles. The van der Waals surface area contributed by atoms with Crippen molar-refractivity contribution in [1.82, 2.24) is 0 Å². The lowest BCUT2D eigenvalue weighted by Gasteiger charge is -2.21. The number of nitrogens with two attached hydrogens (primary N) is 1. The SMILES string of the molecule is COCC1CCN(c2cc(Cl)c(F)cc2N)C1. The minimum Gasteiger partial charge on any atom is -0.397 e. The largest absolute Gasteiger partial charge is 0.397 e. The van der Waals surface area contributed by atoms with Crippen molar-refractivity contribution in [3.8, 4) is 0 Å². The van der Waals surface area contributed by atoms with Crippen molar-refractivity contribution in [3.05, 3.63) is 23.0 Å². The van der Waals surface area contributed by atoms with Crippen molar-refractivity contribution < 1.29 is 9.13 Å². The highest BCUT2D eigenvalue weighted by Crippen LogP contribution is 2.32. The molecule has 94 valence electrons. The molecule has 1 heterocycles. The van der Waals surface area contributed by atoms with Crippen molar-refractivity contribution in [2.45, 2.75) is 6.42 Å². The first kappa shape index (κ1) is 12.5. The number of benzene rings is 1. The van der Waals surface area contributed by atoms with Crippen molar-refractivity contribution in [2.75, 3.05) is 37.4 Å². The van der Waals surface area contributed by atoms with Crippen molar-refractivity contribution in [1.29, 1.82) is 0 Å². The van der Waals surface area contributed by atoms with Gasteiger partial charge in [0.2, 0.25) is 0 Å². The van der Waals surface area contributed by atoms with E-state index in [2.05, 4.69) is 4.90 Å². The molecule has 1 aromatic rings. The lowest BCUT2D eigenvalue weighted by atomic mass is 10.1. The van der Waals surface area contributed by atoms with Gasteiger partial charge in [0.05, 0.1) is 23.0 Å². The molecule has 1 fully saturated rings. The van der Waals surface area contributed by atoms with Crippen LogP contribution in [0.15, 0.2) is 12.1 Å². The van der Waals surface area contributed by atoms with E-state index in [1.54, 1.807) is 13.2 Å². The number of nitrogen functional groups attached to an aromatic ring is 1. The maximum Gasteiger partial charge on any atom is 0.143 e. The summed E-state index contributed by atoms with van der Waals surface area (Å²) < 4.78 is 18.3. The van der Waals surface area contributed by atoms with E-state index in [4.69, 9.17) is 22.1 Å². The molecule has 0 spiro atoms. The zero-order valence-corrected chi connectivity index (χ0v) is 10.5. The van der Waals surface area contributed by atoms with E-state index in [0.717, 1.165) is 31.8 Å². The number of halogens is 2. The van der Waals surface area contributed by atoms with Crippen LogP contribution >= 0.6 is 11.6 Å². The van der Waals surface area contributed by atoms with Crippen LogP contribution in [0.2, 0.25) is 5.02 Å². The third-order valence-electron chi connectivity index (χ3n) is 3.10. The average molecular weight is 259 g/mol. The number of rotatable bonds is 3. The molecule has 1 saturated heterocycles. The Morgan fingerprint density at radius 2 is 2.35 bits per heavy atom. The second-order valence-corrected chi connectivity index (χ2v) is 4.79. The number of anilines is 2. The summed E-state index contributed by atoms with van der Waals surface area (Å²) in [6.07, 6.45) is 1.06. The van der Waals surface area contributed by atoms with Gasteiger partial charge in [0.15, 0.2) is 0 Å². The van der Waals surface area contributed by atoms with E-state index in [-0.39, 0.29) is 5.02 Å². The van der Waals surface area contributed by atoms with Gasteiger partial charge in [0.25, 0.3) is 0 Å². The van der Waals surface area contributed by atoms with Gasteiger partial charge in [-0.2, -0.15) is 0 Å². The van der Waals surface area contributed by atoms with E-state index in [1.165, 1.54) is 6.07 Å². The lowest BCUT2D eigenvalue weighted by Crippen LogP contribution is -2.22. The number of hydrogen-bond acceptors (Lipinski definition) is 3. The molecular weight excluding hydrogens is 243 g/mol. The molecular formula is C12H16ClFN2O. The summed E-state index contributed by atoms with van der Waals surface area (Å²) in [5.41, 5.74) is 7.07. The van der Waals surface area contributed by atoms with Gasteiger partial charge in [0.1, 0.15) is 5.82 Å². The first-order valence-corrected chi connectivity index (χ1v) is 5.98. The Morgan fingerprint density at radius 3 is 3.06 bits per heavy atom. The fourth-order valence-electron chi connectivity index (χ4n) is 2.25. The highest BCUT2D eigenvalue weighted by Gasteiger charge is 2.24. The predicted molar refractivity (Wildman–Crippen MR) is 68.0 cm³/mol. The molecule has 1 unspecified atom stereocenters. The summed E-state index contributed by atoms with van der Waals surface area (Å²) in [6.45, 7) is 2.52. The highest BCUT2D eigenvalue weighted by atomic mass is 35.5. The molecule has 0 bridgehead atoms. The highest BCUT2D eigenvalue weighted by molar-refractivity contribution is 6.31. The van der Waals surface area contributed by atoms with Gasteiger partial charge in [-0.15, -0.1) is 0 Å². The maximum atomic E-state index is 13.2. The minimum atomic E-state index is -0.472. The molecule has 5 heteroatoms. The van der Waals surface area contributed by atoms with Crippen molar-refractivity contribution in [2.24, 2.45) is 5.92 Å². The second-order valence-electron chi connectivity index (χ2n) is 4.38. The molecule has 0 aliphatic carbocycles. The molecule has 2 rings (SSSR count). The van der Waals surface area contributed by atoms with Crippen LogP contribution in [0.25, 0.3) is 0 Å². The van der Waals surface area contributed by atoms with Gasteiger partial charge in [-0.05, 0) is 12.5 Å². The molecule has 0 amide bonds. The van der Waals surface area contributed by atoms with Gasteiger partial charge in [-0.1, -0.05) is 11.6 Å². The fraction of sp³-hybridized carbons (Fsp3) is 0.500. The smallest absolute Gasteiger partial charge is 0.143 e. The normalized spacial score (nSPS) is 19.9. The van der Waals surface area contributed by atoms with Gasteiger partial charge < -0.3 is 15.4 Å². The number of hydrogen-bond donors (Lipinski definition) is 1. The zero-order chi connectivity index (χ0) is 12.4. The molecule has 1 aliphatic heterocycles. The van der Waals surface area contributed by atoms with Crippen LogP contribution < -0.4 is 10.6 Å².